The third kappa shape index (κ3) is 33.8. The van der Waals surface area contributed by atoms with Crippen LogP contribution >= 0.6 is 0 Å². The molecule has 1 amide bonds. The lowest BCUT2D eigenvalue weighted by atomic mass is 9.43. The van der Waals surface area contributed by atoms with Gasteiger partial charge in [-0.25, -0.2) is 58.6 Å². The van der Waals surface area contributed by atoms with Gasteiger partial charge in [-0.1, -0.05) is 20.8 Å². The highest BCUT2D eigenvalue weighted by atomic mass is 32.3. The molecule has 0 unspecified atom stereocenters. The molecule has 131 heavy (non-hydrogen) atoms. The first-order valence-electron chi connectivity index (χ1n) is 36.0. The van der Waals surface area contributed by atoms with E-state index < -0.39 is 348 Å². The van der Waals surface area contributed by atoms with Crippen molar-refractivity contribution in [3.8, 4) is 0 Å². The number of esters is 1. The number of ether oxygens (including phenoxy) is 8. The third-order valence-corrected chi connectivity index (χ3v) is 28.5. The van der Waals surface area contributed by atoms with E-state index in [1.165, 1.54) is 0 Å². The molecule has 81 heteroatoms. The van der Waals surface area contributed by atoms with Crippen molar-refractivity contribution >= 4 is 157 Å². The number of amides is 1. The number of carbonyl (C=O) groups is 2. The van der Waals surface area contributed by atoms with Gasteiger partial charge in [-0.3, -0.25) is 73.3 Å². The molecule has 67 nitrogen and oxygen atoms in total. The zero-order valence-corrected chi connectivity index (χ0v) is 77.2. The van der Waals surface area contributed by atoms with E-state index in [0.717, 1.165) is 6.92 Å². The lowest BCUT2D eigenvalue weighted by Crippen LogP contribution is -2.70. The van der Waals surface area contributed by atoms with E-state index in [4.69, 9.17) is 42.1 Å². The summed E-state index contributed by atoms with van der Waals surface area (Å²) in [6.07, 6.45) is -71.8. The molecule has 4 aliphatic carbocycles. The van der Waals surface area contributed by atoms with Crippen LogP contribution in [0.3, 0.4) is 0 Å². The lowest BCUT2D eigenvalue weighted by molar-refractivity contribution is -0.375. The first-order valence-corrected chi connectivity index (χ1v) is 55.1. The molecular formula is C50H83NO66S14. The van der Waals surface area contributed by atoms with Gasteiger partial charge in [-0.15, -0.1) is 0 Å². The maximum Gasteiger partial charge on any atom is 0.397 e. The average molecular weight is 2200 g/mol. The van der Waals surface area contributed by atoms with Crippen molar-refractivity contribution in [1.29, 1.82) is 0 Å². The van der Waals surface area contributed by atoms with Gasteiger partial charge in [-0.05, 0) is 98.7 Å². The van der Waals surface area contributed by atoms with Crippen LogP contribution in [0.25, 0.3) is 0 Å². The topological polar surface area (TPSA) is 1010 Å². The van der Waals surface area contributed by atoms with Crippen molar-refractivity contribution < 1.29 is 288 Å². The number of fused-ring (bicyclic) bond motifs is 5. The third-order valence-electron chi connectivity index (χ3n) is 22.0. The van der Waals surface area contributed by atoms with Gasteiger partial charge in [0.2, 0.25) is 5.91 Å². The summed E-state index contributed by atoms with van der Waals surface area (Å²) >= 11 is 0. The second-order valence-electron chi connectivity index (χ2n) is 30.3. The number of hydrogen-bond acceptors (Lipinski definition) is 52. The number of nitrogens with one attached hydrogen (secondary N) is 1. The highest BCUT2D eigenvalue weighted by Crippen LogP contribution is 2.69. The molecule has 4 heterocycles. The van der Waals surface area contributed by atoms with Crippen LogP contribution in [0.5, 0.6) is 0 Å². The minimum absolute atomic E-state index is 0.0480. The van der Waals surface area contributed by atoms with E-state index in [2.05, 4.69) is 54.4 Å². The van der Waals surface area contributed by atoms with E-state index in [0.29, 0.717) is 32.1 Å². The average Bonchev–Trinajstić information content (AvgIpc) is 1.62. The molecule has 0 bridgehead atoms. The number of rotatable bonds is 44. The molecule has 4 saturated heterocycles. The summed E-state index contributed by atoms with van der Waals surface area (Å²) in [5, 5.41) is 1.97. The van der Waals surface area contributed by atoms with Crippen LogP contribution in [0.15, 0.2) is 0 Å². The second-order valence-corrected chi connectivity index (χ2v) is 45.2. The Kier molecular flexibility index (Phi) is 35.9. The molecule has 0 aromatic rings. The predicted molar refractivity (Wildman–Crippen MR) is 396 cm³/mol. The molecule has 8 fully saturated rings. The summed E-state index contributed by atoms with van der Waals surface area (Å²) in [5.41, 5.74) is -1.37. The standard InChI is InChI=1S/C50H83NO66S14/c1-19(24-8-9-25-23-7-6-21-13-22(108-122(66,67)68)11-12-49(21,3)26(23)14-31(50(24,25)4)100-20(2)52)5-10-32(53)51-45-41(114-128(84,85)86)37(110-124(72,73)74)33(27(101-45)15-96-118(54,55)56)105-46-42(115-129(87,88)89)38(111-125(75,76)77)34(28(102-46)16-97-119(57,58)59)106-47-43(116-130(90,91)92)39(112-126(78,79)80)35(29(103-47)17-98-120(60,61)62)107-48-44(117-131(93,94)95)40(113-127(81,82)83)36(109-123(69,70)71)30(104-48)18-99-121(63,64)65/h19,21-31,33-48H,5-18H2,1-4H3,(H,51,53)(H,54,55,56)(H,57,58,59)(H,60,61,62)(H,63,64,65)(H,66,67,68)(H,69,70,71)(H,72,73,74)(H,75,76,77)(H,78,79,80)(H,81,82,83)(H,84,85,86)(H,87,88,89)(H,90,91,92)(H,93,94,95)/t19-,21+,22+,23+,24-,25+,26+,27-,28-,29-,30-,31+,33-,34-,35-,36-,37+,38+,39+,40+,41-,42-,43-,44-,45-,46-,47-,48-,49+,50-/m1/s1. The van der Waals surface area contributed by atoms with Crippen LogP contribution in [0, 0.1) is 46.3 Å². The SMILES string of the molecule is CC(=O)O[C@H]1C[C@H]2[C@@H](CC[C@H]3C[C@@H](OS(=O)(=O)O)CC[C@@]32C)[C@@H]2CC[C@H]([C@H](C)CCC(=O)N[C@@H]3O[C@H](COS(=O)(=O)O)[C@@H](O[C@H]4O[C@H](COS(=O)(=O)O)[C@@H](O[C@H]5O[C@H](COS(=O)(=O)O)[C@@H](O[C@H]6O[C@H](COS(=O)(=O)O)[C@@H](OS(=O)(=O)O)[C@H](OS(=O)(=O)O)[C@H]6OS(=O)(=O)O)[C@H](OS(=O)(=O)O)[C@H]5OS(=O)(=O)O)[C@H](OS(=O)(=O)O)[C@H]4OS(=O)(=O)O)[C@H](OS(=O)(=O)O)[C@H]3OS(=O)(=O)O)[C@@]12C. The Hall–Kier alpha value is -3.16. The summed E-state index contributed by atoms with van der Waals surface area (Å²) in [7, 11) is -89.3. The smallest absolute Gasteiger partial charge is 0.397 e. The van der Waals surface area contributed by atoms with E-state index in [-0.39, 0.29) is 49.4 Å². The summed E-state index contributed by atoms with van der Waals surface area (Å²) in [6.45, 7) is -2.44. The van der Waals surface area contributed by atoms with Crippen molar-refractivity contribution in [3.63, 3.8) is 0 Å². The zero-order valence-electron chi connectivity index (χ0n) is 65.8. The summed E-state index contributed by atoms with van der Waals surface area (Å²) in [6, 6.07) is 0. The predicted octanol–water partition coefficient (Wildman–Crippen LogP) is -7.07. The van der Waals surface area contributed by atoms with Gasteiger partial charge in [0.15, 0.2) is 49.5 Å². The van der Waals surface area contributed by atoms with Gasteiger partial charge in [0, 0.05) is 18.8 Å². The molecule has 768 valence electrons. The van der Waals surface area contributed by atoms with Crippen LogP contribution in [0.1, 0.15) is 91.9 Å². The largest absolute Gasteiger partial charge is 0.462 e. The maximum absolute atomic E-state index is 14.5. The summed E-state index contributed by atoms with van der Waals surface area (Å²) < 4.78 is 598. The highest BCUT2D eigenvalue weighted by Gasteiger charge is 2.67. The Balaban J connectivity index is 1.23. The van der Waals surface area contributed by atoms with Crippen molar-refractivity contribution in [3.05, 3.63) is 0 Å². The fourth-order valence-electron chi connectivity index (χ4n) is 17.9. The van der Waals surface area contributed by atoms with E-state index in [1.807, 2.05) is 19.2 Å². The van der Waals surface area contributed by atoms with Crippen molar-refractivity contribution in [2.75, 3.05) is 26.4 Å². The normalized spacial score (nSPS) is 36.3. The Morgan fingerprint density at radius 3 is 1.02 bits per heavy atom. The van der Waals surface area contributed by atoms with Gasteiger partial charge < -0.3 is 43.2 Å². The van der Waals surface area contributed by atoms with Crippen molar-refractivity contribution in [1.82, 2.24) is 5.32 Å². The van der Waals surface area contributed by atoms with Gasteiger partial charge in [0.1, 0.15) is 79.4 Å². The molecule has 15 N–H and O–H groups in total. The molecule has 0 radical (unpaired) electrons. The van der Waals surface area contributed by atoms with E-state index in [1.54, 1.807) is 6.92 Å². The van der Waals surface area contributed by atoms with Gasteiger partial charge in [-0.2, -0.15) is 118 Å². The Morgan fingerprint density at radius 2 is 0.672 bits per heavy atom. The van der Waals surface area contributed by atoms with E-state index in [9.17, 15) is 191 Å². The minimum atomic E-state index is -6.85. The van der Waals surface area contributed by atoms with Crippen LogP contribution in [-0.2, 0) is 252 Å². The van der Waals surface area contributed by atoms with E-state index >= 15 is 0 Å². The molecule has 4 aliphatic heterocycles. The van der Waals surface area contributed by atoms with Crippen molar-refractivity contribution in [2.45, 2.75) is 227 Å². The summed E-state index contributed by atoms with van der Waals surface area (Å²) in [5.74, 6) is -3.70. The molecule has 8 rings (SSSR count). The minimum Gasteiger partial charge on any atom is -0.462 e. The molecule has 0 spiro atoms. The van der Waals surface area contributed by atoms with Crippen LogP contribution in [-0.4, -0.2) is 355 Å². The lowest BCUT2D eigenvalue weighted by Gasteiger charge is -2.62. The fourth-order valence-corrected chi connectivity index (χ4v) is 24.1. The summed E-state index contributed by atoms with van der Waals surface area (Å²) in [4.78, 5) is 27.5. The van der Waals surface area contributed by atoms with Gasteiger partial charge in [0.25, 0.3) is 0 Å². The first kappa shape index (κ1) is 113. The molecule has 8 aliphatic rings. The molecule has 0 aromatic heterocycles. The zero-order chi connectivity index (χ0) is 99.5. The van der Waals surface area contributed by atoms with Crippen LogP contribution < -0.4 is 5.32 Å². The van der Waals surface area contributed by atoms with Crippen LogP contribution in [0.2, 0.25) is 0 Å². The quantitative estimate of drug-likeness (QED) is 0.0199. The number of hydrogen-bond donors (Lipinski definition) is 15. The highest BCUT2D eigenvalue weighted by molar-refractivity contribution is 7.84. The first-order chi connectivity index (χ1) is 58.9. The Morgan fingerprint density at radius 1 is 0.359 bits per heavy atom. The molecular weight excluding hydrogens is 2120 g/mol. The van der Waals surface area contributed by atoms with Crippen molar-refractivity contribution in [2.24, 2.45) is 46.3 Å². The Bertz CT molecular complexity index is 5830. The van der Waals surface area contributed by atoms with Crippen LogP contribution in [0.4, 0.5) is 0 Å². The van der Waals surface area contributed by atoms with Gasteiger partial charge >= 0.3 is 152 Å². The molecule has 30 atom stereocenters. The number of carbonyl (C=O) groups excluding carboxylic acids is 2. The second kappa shape index (κ2) is 41.6. The molecule has 4 saturated carbocycles. The Labute approximate surface area is 745 Å². The van der Waals surface area contributed by atoms with Gasteiger partial charge in [0.05, 0.1) is 32.5 Å². The fraction of sp³-hybridized carbons (Fsp3) is 0.960. The molecule has 0 aromatic carbocycles. The monoisotopic (exact) mass is 2200 g/mol. The maximum atomic E-state index is 14.5.